The Morgan fingerprint density at radius 1 is 1.27 bits per heavy atom. The number of hydrogen-bond acceptors (Lipinski definition) is 5. The molecule has 0 saturated heterocycles. The van der Waals surface area contributed by atoms with Gasteiger partial charge in [0.2, 0.25) is 0 Å². The van der Waals surface area contributed by atoms with Crippen molar-refractivity contribution in [2.75, 3.05) is 6.61 Å². The van der Waals surface area contributed by atoms with Crippen LogP contribution in [0.1, 0.15) is 41.5 Å². The molecule has 0 rings (SSSR count). The van der Waals surface area contributed by atoms with E-state index in [1.165, 1.54) is 13.0 Å². The first kappa shape index (κ1) is 19.9. The molecule has 0 fully saturated rings. The van der Waals surface area contributed by atoms with Crippen LogP contribution in [0.3, 0.4) is 0 Å². The van der Waals surface area contributed by atoms with Crippen molar-refractivity contribution in [3.05, 3.63) is 12.7 Å². The molecule has 0 aromatic rings. The van der Waals surface area contributed by atoms with Crippen molar-refractivity contribution in [1.82, 2.24) is 4.90 Å². The summed E-state index contributed by atoms with van der Waals surface area (Å²) in [4.78, 5) is 36.5. The van der Waals surface area contributed by atoms with Crippen LogP contribution in [0.5, 0.6) is 0 Å². The average Bonchev–Trinajstić information content (AvgIpc) is 2.34. The van der Waals surface area contributed by atoms with E-state index in [0.29, 0.717) is 4.90 Å². The third kappa shape index (κ3) is 4.47. The molecule has 7 nitrogen and oxygen atoms in total. The molecule has 0 aliphatic heterocycles. The molecule has 22 heavy (non-hydrogen) atoms. The van der Waals surface area contributed by atoms with E-state index in [2.05, 4.69) is 6.58 Å². The summed E-state index contributed by atoms with van der Waals surface area (Å²) in [5.74, 6) is -1.51. The number of nitrogens with zero attached hydrogens (tertiary/aromatic N) is 1. The molecule has 2 atom stereocenters. The van der Waals surface area contributed by atoms with Crippen molar-refractivity contribution < 1.29 is 29.0 Å². The van der Waals surface area contributed by atoms with Crippen LogP contribution >= 0.6 is 0 Å². The van der Waals surface area contributed by atoms with E-state index in [1.54, 1.807) is 34.6 Å². The normalized spacial score (nSPS) is 15.2. The predicted octanol–water partition coefficient (Wildman–Crippen LogP) is 3.05. The number of esters is 1. The Labute approximate surface area is 130 Å². The Hall–Kier alpha value is -2.05. The standard InChI is InChI=1S/C15H25NO6/c1-8-10(3)15(7,11(17)21-9-2)16(12(18)19)13(20)22-14(4,5)6/h8,10H,1,9H2,2-7H3,(H,18,19)/t10-,15+/m0/s1. The van der Waals surface area contributed by atoms with E-state index in [1.807, 2.05) is 0 Å². The van der Waals surface area contributed by atoms with Crippen LogP contribution in [0, 0.1) is 5.92 Å². The molecule has 7 heteroatoms. The summed E-state index contributed by atoms with van der Waals surface area (Å²) in [6, 6.07) is 0. The van der Waals surface area contributed by atoms with E-state index < -0.39 is 35.2 Å². The number of amides is 2. The maximum Gasteiger partial charge on any atom is 0.420 e. The van der Waals surface area contributed by atoms with Gasteiger partial charge in [-0.3, -0.25) is 0 Å². The summed E-state index contributed by atoms with van der Waals surface area (Å²) in [6.07, 6.45) is -1.35. The van der Waals surface area contributed by atoms with Gasteiger partial charge in [0.15, 0.2) is 5.54 Å². The highest BCUT2D eigenvalue weighted by Crippen LogP contribution is 2.29. The van der Waals surface area contributed by atoms with E-state index in [4.69, 9.17) is 9.47 Å². The van der Waals surface area contributed by atoms with Crippen LogP contribution in [-0.2, 0) is 14.3 Å². The molecule has 0 aliphatic carbocycles. The van der Waals surface area contributed by atoms with Crippen molar-refractivity contribution in [2.24, 2.45) is 5.92 Å². The first-order chi connectivity index (χ1) is 9.91. The highest BCUT2D eigenvalue weighted by atomic mass is 16.6. The lowest BCUT2D eigenvalue weighted by molar-refractivity contribution is -0.157. The molecule has 0 radical (unpaired) electrons. The van der Waals surface area contributed by atoms with Crippen LogP contribution in [0.2, 0.25) is 0 Å². The molecule has 0 bridgehead atoms. The zero-order valence-electron chi connectivity index (χ0n) is 14.0. The Morgan fingerprint density at radius 3 is 2.09 bits per heavy atom. The molecule has 0 aliphatic rings. The zero-order chi connectivity index (χ0) is 17.7. The molecule has 0 heterocycles. The molecule has 126 valence electrons. The lowest BCUT2D eigenvalue weighted by atomic mass is 9.85. The number of carboxylic acid groups (broad SMARTS) is 1. The van der Waals surface area contributed by atoms with E-state index >= 15 is 0 Å². The summed E-state index contributed by atoms with van der Waals surface area (Å²) >= 11 is 0. The van der Waals surface area contributed by atoms with Gasteiger partial charge in [-0.2, -0.15) is 4.90 Å². The largest absolute Gasteiger partial charge is 0.464 e. The van der Waals surface area contributed by atoms with Crippen molar-refractivity contribution in [2.45, 2.75) is 52.7 Å². The van der Waals surface area contributed by atoms with Crippen LogP contribution in [0.15, 0.2) is 12.7 Å². The van der Waals surface area contributed by atoms with E-state index in [0.717, 1.165) is 0 Å². The second kappa shape index (κ2) is 7.29. The minimum absolute atomic E-state index is 0.0556. The van der Waals surface area contributed by atoms with Gasteiger partial charge in [0.25, 0.3) is 0 Å². The second-order valence-corrected chi connectivity index (χ2v) is 5.99. The molecule has 0 unspecified atom stereocenters. The Morgan fingerprint density at radius 2 is 1.77 bits per heavy atom. The van der Waals surface area contributed by atoms with Crippen LogP contribution < -0.4 is 0 Å². The van der Waals surface area contributed by atoms with Gasteiger partial charge >= 0.3 is 18.2 Å². The van der Waals surface area contributed by atoms with Crippen molar-refractivity contribution >= 4 is 18.2 Å². The molecule has 0 spiro atoms. The van der Waals surface area contributed by atoms with E-state index in [9.17, 15) is 19.5 Å². The molecule has 0 saturated carbocycles. The Kier molecular flexibility index (Phi) is 6.61. The third-order valence-corrected chi connectivity index (χ3v) is 3.16. The lowest BCUT2D eigenvalue weighted by Gasteiger charge is -2.39. The minimum Gasteiger partial charge on any atom is -0.464 e. The number of rotatable bonds is 5. The van der Waals surface area contributed by atoms with Gasteiger partial charge in [0.1, 0.15) is 5.60 Å². The van der Waals surface area contributed by atoms with Gasteiger partial charge in [-0.05, 0) is 34.6 Å². The van der Waals surface area contributed by atoms with Gasteiger partial charge in [-0.25, -0.2) is 14.4 Å². The molecule has 0 aromatic heterocycles. The maximum absolute atomic E-state index is 12.3. The smallest absolute Gasteiger partial charge is 0.420 e. The first-order valence-electron chi connectivity index (χ1n) is 6.97. The SMILES string of the molecule is C=C[C@H](C)[C@](C)(C(=O)OCC)N(C(=O)O)C(=O)OC(C)(C)C. The fraction of sp³-hybridized carbons (Fsp3) is 0.667. The van der Waals surface area contributed by atoms with Crippen molar-refractivity contribution in [1.29, 1.82) is 0 Å². The van der Waals surface area contributed by atoms with Crippen molar-refractivity contribution in [3.8, 4) is 0 Å². The van der Waals surface area contributed by atoms with Gasteiger partial charge in [0, 0.05) is 5.92 Å². The number of imide groups is 1. The fourth-order valence-electron chi connectivity index (χ4n) is 1.76. The summed E-state index contributed by atoms with van der Waals surface area (Å²) in [5, 5.41) is 9.42. The first-order valence-corrected chi connectivity index (χ1v) is 6.97. The minimum atomic E-state index is -1.77. The molecule has 1 N–H and O–H groups in total. The molecular formula is C15H25NO6. The predicted molar refractivity (Wildman–Crippen MR) is 80.5 cm³/mol. The topological polar surface area (TPSA) is 93.1 Å². The number of carbonyl (C=O) groups excluding carboxylic acids is 2. The van der Waals surface area contributed by atoms with Gasteiger partial charge in [0.05, 0.1) is 6.61 Å². The van der Waals surface area contributed by atoms with Crippen LogP contribution in [-0.4, -0.2) is 45.9 Å². The van der Waals surface area contributed by atoms with Gasteiger partial charge in [-0.15, -0.1) is 6.58 Å². The van der Waals surface area contributed by atoms with Crippen LogP contribution in [0.25, 0.3) is 0 Å². The van der Waals surface area contributed by atoms with Gasteiger partial charge in [-0.1, -0.05) is 13.0 Å². The van der Waals surface area contributed by atoms with E-state index in [-0.39, 0.29) is 6.61 Å². The lowest BCUT2D eigenvalue weighted by Crippen LogP contribution is -2.61. The van der Waals surface area contributed by atoms with Gasteiger partial charge < -0.3 is 14.6 Å². The molecule has 0 aromatic carbocycles. The summed E-state index contributed by atoms with van der Waals surface area (Å²) in [5.41, 5.74) is -2.68. The average molecular weight is 315 g/mol. The van der Waals surface area contributed by atoms with Crippen LogP contribution in [0.4, 0.5) is 9.59 Å². The second-order valence-electron chi connectivity index (χ2n) is 5.99. The summed E-state index contributed by atoms with van der Waals surface area (Å²) in [7, 11) is 0. The maximum atomic E-state index is 12.3. The Balaban J connectivity index is 5.90. The number of hydrogen-bond donors (Lipinski definition) is 1. The highest BCUT2D eigenvalue weighted by Gasteiger charge is 2.52. The number of ether oxygens (including phenoxy) is 2. The summed E-state index contributed by atoms with van der Waals surface area (Å²) < 4.78 is 10.0. The summed E-state index contributed by atoms with van der Waals surface area (Å²) in [6.45, 7) is 12.9. The Bertz CT molecular complexity index is 453. The monoisotopic (exact) mass is 315 g/mol. The molecule has 2 amide bonds. The number of carbonyl (C=O) groups is 3. The van der Waals surface area contributed by atoms with Crippen molar-refractivity contribution in [3.63, 3.8) is 0 Å². The third-order valence-electron chi connectivity index (χ3n) is 3.16. The molecular weight excluding hydrogens is 290 g/mol. The highest BCUT2D eigenvalue weighted by molar-refractivity contribution is 5.96. The zero-order valence-corrected chi connectivity index (χ0v) is 14.0. The quantitative estimate of drug-likeness (QED) is 0.619. The fourth-order valence-corrected chi connectivity index (χ4v) is 1.76.